The first-order chi connectivity index (χ1) is 16.5. The Kier molecular flexibility index (Phi) is 6.97. The van der Waals surface area contributed by atoms with E-state index in [0.717, 1.165) is 54.4 Å². The van der Waals surface area contributed by atoms with E-state index in [1.807, 2.05) is 30.3 Å². The molecule has 1 aliphatic rings. The molecule has 2 aromatic carbocycles. The Morgan fingerprint density at radius 3 is 2.23 bits per heavy atom. The van der Waals surface area contributed by atoms with Crippen LogP contribution in [0.5, 0.6) is 0 Å². The van der Waals surface area contributed by atoms with Crippen molar-refractivity contribution < 1.29 is 31.1 Å². The van der Waals surface area contributed by atoms with Gasteiger partial charge in [0.15, 0.2) is 5.69 Å². The largest absolute Gasteiger partial charge is 0.435 e. The molecule has 35 heavy (non-hydrogen) atoms. The predicted octanol–water partition coefficient (Wildman–Crippen LogP) is 5.96. The highest BCUT2D eigenvalue weighted by molar-refractivity contribution is 5.63. The Bertz CT molecular complexity index is 1150. The number of nitrogens with one attached hydrogen (secondary N) is 1. The summed E-state index contributed by atoms with van der Waals surface area (Å²) in [6, 6.07) is 13.8. The maximum absolute atomic E-state index is 13.6. The highest BCUT2D eigenvalue weighted by atomic mass is 19.4. The van der Waals surface area contributed by atoms with Gasteiger partial charge < -0.3 is 10.1 Å². The van der Waals surface area contributed by atoms with Crippen LogP contribution in [-0.4, -0.2) is 29.5 Å². The standard InChI is InChI=1S/C25H25F6N3O/c1-34-21(14-22(33-34)25(29,30)31)18-11-17(12-20(13-18)24(26,27)28)15-35-16-23(7-9-32-10-8-23)19-5-3-2-4-6-19/h2-6,11-14,32H,7-10,15-16H2,1H3. The third-order valence-corrected chi connectivity index (χ3v) is 6.38. The molecule has 0 bridgehead atoms. The number of nitrogens with zero attached hydrogens (tertiary/aromatic N) is 2. The summed E-state index contributed by atoms with van der Waals surface area (Å²) in [5.74, 6) is 0. The Labute approximate surface area is 198 Å². The normalized spacial score (nSPS) is 16.4. The van der Waals surface area contributed by atoms with Crippen molar-refractivity contribution in [3.05, 3.63) is 77.0 Å². The van der Waals surface area contributed by atoms with Crippen molar-refractivity contribution in [2.75, 3.05) is 19.7 Å². The first kappa shape index (κ1) is 25.2. The summed E-state index contributed by atoms with van der Waals surface area (Å²) in [6.45, 7) is 1.80. The number of alkyl halides is 6. The lowest BCUT2D eigenvalue weighted by Crippen LogP contribution is -2.43. The molecule has 0 saturated carbocycles. The van der Waals surface area contributed by atoms with Crippen LogP contribution >= 0.6 is 0 Å². The molecule has 0 amide bonds. The molecule has 1 saturated heterocycles. The Morgan fingerprint density at radius 2 is 1.63 bits per heavy atom. The minimum atomic E-state index is -4.70. The first-order valence-corrected chi connectivity index (χ1v) is 11.1. The molecule has 10 heteroatoms. The van der Waals surface area contributed by atoms with Crippen LogP contribution < -0.4 is 5.32 Å². The molecule has 1 aliphatic heterocycles. The van der Waals surface area contributed by atoms with Gasteiger partial charge in [0.05, 0.1) is 24.5 Å². The molecule has 4 nitrogen and oxygen atoms in total. The number of piperidine rings is 1. The summed E-state index contributed by atoms with van der Waals surface area (Å²) < 4.78 is 87.0. The molecule has 0 radical (unpaired) electrons. The minimum Gasteiger partial charge on any atom is -0.376 e. The van der Waals surface area contributed by atoms with Gasteiger partial charge in [0.1, 0.15) is 0 Å². The highest BCUT2D eigenvalue weighted by Gasteiger charge is 2.36. The summed E-state index contributed by atoms with van der Waals surface area (Å²) in [4.78, 5) is 0. The quantitative estimate of drug-likeness (QED) is 0.427. The SMILES string of the molecule is Cn1nc(C(F)(F)F)cc1-c1cc(COCC2(c3ccccc3)CCNCC2)cc(C(F)(F)F)c1. The van der Waals surface area contributed by atoms with Crippen LogP contribution in [0.25, 0.3) is 11.3 Å². The van der Waals surface area contributed by atoms with E-state index in [4.69, 9.17) is 4.74 Å². The zero-order valence-electron chi connectivity index (χ0n) is 19.0. The van der Waals surface area contributed by atoms with E-state index in [-0.39, 0.29) is 28.8 Å². The van der Waals surface area contributed by atoms with Gasteiger partial charge in [0.2, 0.25) is 0 Å². The highest BCUT2D eigenvalue weighted by Crippen LogP contribution is 2.37. The summed E-state index contributed by atoms with van der Waals surface area (Å²) in [6.07, 6.45) is -7.74. The first-order valence-electron chi connectivity index (χ1n) is 11.1. The van der Waals surface area contributed by atoms with E-state index < -0.39 is 23.6 Å². The predicted molar refractivity (Wildman–Crippen MR) is 119 cm³/mol. The minimum absolute atomic E-state index is 0.0106. The molecular formula is C25H25F6N3O. The number of aryl methyl sites for hydroxylation is 1. The molecule has 1 fully saturated rings. The van der Waals surface area contributed by atoms with Crippen molar-refractivity contribution in [1.82, 2.24) is 15.1 Å². The lowest BCUT2D eigenvalue weighted by Gasteiger charge is -2.38. The van der Waals surface area contributed by atoms with Gasteiger partial charge in [-0.1, -0.05) is 30.3 Å². The second-order valence-electron chi connectivity index (χ2n) is 8.84. The van der Waals surface area contributed by atoms with Crippen LogP contribution in [0.15, 0.2) is 54.6 Å². The third kappa shape index (κ3) is 5.70. The zero-order valence-corrected chi connectivity index (χ0v) is 19.0. The van der Waals surface area contributed by atoms with Crippen LogP contribution in [0, 0.1) is 0 Å². The molecular weight excluding hydrogens is 472 g/mol. The van der Waals surface area contributed by atoms with Gasteiger partial charge in [0, 0.05) is 18.0 Å². The van der Waals surface area contributed by atoms with Gasteiger partial charge in [0.25, 0.3) is 0 Å². The van der Waals surface area contributed by atoms with Gasteiger partial charge in [-0.3, -0.25) is 4.68 Å². The fourth-order valence-corrected chi connectivity index (χ4v) is 4.54. The molecule has 0 unspecified atom stereocenters. The second-order valence-corrected chi connectivity index (χ2v) is 8.84. The van der Waals surface area contributed by atoms with Crippen LogP contribution in [0.2, 0.25) is 0 Å². The van der Waals surface area contributed by atoms with Crippen LogP contribution in [0.3, 0.4) is 0 Å². The van der Waals surface area contributed by atoms with E-state index in [2.05, 4.69) is 10.4 Å². The Morgan fingerprint density at radius 1 is 0.943 bits per heavy atom. The molecule has 188 valence electrons. The number of halogens is 6. The van der Waals surface area contributed by atoms with Gasteiger partial charge >= 0.3 is 12.4 Å². The molecule has 3 aromatic rings. The molecule has 2 heterocycles. The van der Waals surface area contributed by atoms with E-state index >= 15 is 0 Å². The van der Waals surface area contributed by atoms with Crippen molar-refractivity contribution >= 4 is 0 Å². The topological polar surface area (TPSA) is 39.1 Å². The summed E-state index contributed by atoms with van der Waals surface area (Å²) >= 11 is 0. The average molecular weight is 497 g/mol. The van der Waals surface area contributed by atoms with Crippen LogP contribution in [0.1, 0.15) is 35.2 Å². The fourth-order valence-electron chi connectivity index (χ4n) is 4.54. The Hall–Kier alpha value is -2.85. The molecule has 4 rings (SSSR count). The summed E-state index contributed by atoms with van der Waals surface area (Å²) in [7, 11) is 1.27. The number of hydrogen-bond acceptors (Lipinski definition) is 3. The third-order valence-electron chi connectivity index (χ3n) is 6.38. The van der Waals surface area contributed by atoms with Crippen molar-refractivity contribution in [2.24, 2.45) is 7.05 Å². The Balaban J connectivity index is 1.61. The zero-order chi connectivity index (χ0) is 25.3. The van der Waals surface area contributed by atoms with Gasteiger partial charge in [-0.05, 0) is 61.3 Å². The lowest BCUT2D eigenvalue weighted by atomic mass is 9.74. The average Bonchev–Trinajstić information content (AvgIpc) is 3.22. The molecule has 1 N–H and O–H groups in total. The maximum Gasteiger partial charge on any atom is 0.435 e. The van der Waals surface area contributed by atoms with E-state index in [0.29, 0.717) is 6.61 Å². The second kappa shape index (κ2) is 9.66. The van der Waals surface area contributed by atoms with Gasteiger partial charge in [-0.15, -0.1) is 0 Å². The molecule has 0 spiro atoms. The van der Waals surface area contributed by atoms with Crippen molar-refractivity contribution in [3.63, 3.8) is 0 Å². The number of rotatable bonds is 6. The molecule has 0 atom stereocenters. The van der Waals surface area contributed by atoms with E-state index in [1.54, 1.807) is 0 Å². The van der Waals surface area contributed by atoms with Gasteiger partial charge in [-0.2, -0.15) is 31.4 Å². The van der Waals surface area contributed by atoms with E-state index in [9.17, 15) is 26.3 Å². The number of ether oxygens (including phenoxy) is 1. The number of benzene rings is 2. The van der Waals surface area contributed by atoms with E-state index in [1.165, 1.54) is 13.1 Å². The van der Waals surface area contributed by atoms with Crippen molar-refractivity contribution in [3.8, 4) is 11.3 Å². The number of aromatic nitrogens is 2. The monoisotopic (exact) mass is 497 g/mol. The number of hydrogen-bond donors (Lipinski definition) is 1. The molecule has 0 aliphatic carbocycles. The maximum atomic E-state index is 13.6. The summed E-state index contributed by atoms with van der Waals surface area (Å²) in [5, 5.41) is 6.74. The molecule has 1 aromatic heterocycles. The van der Waals surface area contributed by atoms with Crippen LogP contribution in [0.4, 0.5) is 26.3 Å². The van der Waals surface area contributed by atoms with Crippen molar-refractivity contribution in [2.45, 2.75) is 37.2 Å². The fraction of sp³-hybridized carbons (Fsp3) is 0.400. The smallest absolute Gasteiger partial charge is 0.376 e. The van der Waals surface area contributed by atoms with Crippen LogP contribution in [-0.2, 0) is 36.2 Å². The van der Waals surface area contributed by atoms with Crippen molar-refractivity contribution in [1.29, 1.82) is 0 Å². The van der Waals surface area contributed by atoms with Gasteiger partial charge in [-0.25, -0.2) is 0 Å². The summed E-state index contributed by atoms with van der Waals surface area (Å²) in [5.41, 5.74) is -1.13. The lowest BCUT2D eigenvalue weighted by molar-refractivity contribution is -0.141.